The molecule has 0 spiro atoms. The quantitative estimate of drug-likeness (QED) is 0.586. The van der Waals surface area contributed by atoms with Crippen molar-refractivity contribution in [2.24, 2.45) is 0 Å². The van der Waals surface area contributed by atoms with Gasteiger partial charge in [-0.05, 0) is 30.4 Å². The van der Waals surface area contributed by atoms with Gasteiger partial charge in [0.15, 0.2) is 0 Å². The van der Waals surface area contributed by atoms with E-state index in [9.17, 15) is 0 Å². The predicted molar refractivity (Wildman–Crippen MR) is 46.9 cm³/mol. The first-order valence-corrected chi connectivity index (χ1v) is 4.02. The molecule has 0 aliphatic heterocycles. The SMILES string of the molecule is N=C1CCC=C1C1=CC=CC1. The van der Waals surface area contributed by atoms with Crippen molar-refractivity contribution in [2.75, 3.05) is 0 Å². The van der Waals surface area contributed by atoms with Crippen LogP contribution in [0.3, 0.4) is 0 Å². The zero-order valence-electron chi connectivity index (χ0n) is 6.43. The second kappa shape index (κ2) is 2.50. The minimum absolute atomic E-state index is 0.819. The van der Waals surface area contributed by atoms with Crippen molar-refractivity contribution >= 4 is 5.71 Å². The largest absolute Gasteiger partial charge is 0.305 e. The summed E-state index contributed by atoms with van der Waals surface area (Å²) in [5, 5.41) is 7.63. The molecule has 0 aromatic carbocycles. The van der Waals surface area contributed by atoms with Crippen LogP contribution in [0.5, 0.6) is 0 Å². The summed E-state index contributed by atoms with van der Waals surface area (Å²) < 4.78 is 0. The summed E-state index contributed by atoms with van der Waals surface area (Å²) in [4.78, 5) is 0. The highest BCUT2D eigenvalue weighted by molar-refractivity contribution is 6.03. The number of hydrogen-bond donors (Lipinski definition) is 1. The molecule has 0 radical (unpaired) electrons. The van der Waals surface area contributed by atoms with Gasteiger partial charge >= 0.3 is 0 Å². The van der Waals surface area contributed by atoms with Gasteiger partial charge in [-0.1, -0.05) is 24.3 Å². The van der Waals surface area contributed by atoms with Crippen molar-refractivity contribution in [1.29, 1.82) is 5.41 Å². The lowest BCUT2D eigenvalue weighted by molar-refractivity contribution is 1.13. The summed E-state index contributed by atoms with van der Waals surface area (Å²) in [5.41, 5.74) is 3.34. The van der Waals surface area contributed by atoms with E-state index >= 15 is 0 Å². The monoisotopic (exact) mass is 145 g/mol. The van der Waals surface area contributed by atoms with Crippen LogP contribution >= 0.6 is 0 Å². The highest BCUT2D eigenvalue weighted by Crippen LogP contribution is 2.26. The lowest BCUT2D eigenvalue weighted by Crippen LogP contribution is -1.96. The smallest absolute Gasteiger partial charge is 0.0388 e. The topological polar surface area (TPSA) is 23.9 Å². The molecule has 0 aromatic rings. The molecule has 1 N–H and O–H groups in total. The average Bonchev–Trinajstić information content (AvgIpc) is 2.55. The highest BCUT2D eigenvalue weighted by Gasteiger charge is 2.15. The van der Waals surface area contributed by atoms with Crippen molar-refractivity contribution in [2.45, 2.75) is 19.3 Å². The van der Waals surface area contributed by atoms with E-state index < -0.39 is 0 Å². The van der Waals surface area contributed by atoms with Gasteiger partial charge in [0.2, 0.25) is 0 Å². The summed E-state index contributed by atoms with van der Waals surface area (Å²) in [5.74, 6) is 0. The molecular weight excluding hydrogens is 134 g/mol. The fourth-order valence-corrected chi connectivity index (χ4v) is 1.59. The normalized spacial score (nSPS) is 22.4. The highest BCUT2D eigenvalue weighted by atomic mass is 14.4. The van der Waals surface area contributed by atoms with Crippen LogP contribution in [-0.2, 0) is 0 Å². The Morgan fingerprint density at radius 3 is 2.82 bits per heavy atom. The van der Waals surface area contributed by atoms with Crippen LogP contribution in [0, 0.1) is 5.41 Å². The van der Waals surface area contributed by atoms with Gasteiger partial charge in [-0.3, -0.25) is 0 Å². The second-order valence-electron chi connectivity index (χ2n) is 2.96. The molecule has 0 unspecified atom stereocenters. The van der Waals surface area contributed by atoms with E-state index in [1.165, 1.54) is 11.1 Å². The standard InChI is InChI=1S/C10H11N/c11-10-7-3-6-9(10)8-4-1-2-5-8/h1-2,4,6,11H,3,5,7H2. The van der Waals surface area contributed by atoms with Crippen molar-refractivity contribution in [1.82, 2.24) is 0 Å². The Kier molecular flexibility index (Phi) is 1.50. The lowest BCUT2D eigenvalue weighted by Gasteiger charge is -2.01. The maximum Gasteiger partial charge on any atom is 0.0388 e. The molecule has 2 rings (SSSR count). The molecule has 0 atom stereocenters. The molecule has 1 nitrogen and oxygen atoms in total. The molecule has 0 amide bonds. The van der Waals surface area contributed by atoms with Gasteiger partial charge in [0.05, 0.1) is 0 Å². The number of rotatable bonds is 1. The van der Waals surface area contributed by atoms with E-state index in [0.717, 1.165) is 25.0 Å². The number of hydrogen-bond acceptors (Lipinski definition) is 1. The fraction of sp³-hybridized carbons (Fsp3) is 0.300. The first-order chi connectivity index (χ1) is 5.38. The molecule has 0 aromatic heterocycles. The van der Waals surface area contributed by atoms with Crippen molar-refractivity contribution in [3.05, 3.63) is 35.5 Å². The molecule has 11 heavy (non-hydrogen) atoms. The average molecular weight is 145 g/mol. The first-order valence-electron chi connectivity index (χ1n) is 4.02. The van der Waals surface area contributed by atoms with Gasteiger partial charge in [-0.25, -0.2) is 0 Å². The summed E-state index contributed by atoms with van der Waals surface area (Å²) in [6.07, 6.45) is 11.5. The summed E-state index contributed by atoms with van der Waals surface area (Å²) in [6.45, 7) is 0. The Bertz CT molecular complexity index is 279. The third-order valence-electron chi connectivity index (χ3n) is 2.19. The van der Waals surface area contributed by atoms with Gasteiger partial charge in [-0.15, -0.1) is 0 Å². The van der Waals surface area contributed by atoms with E-state index in [2.05, 4.69) is 24.3 Å². The Hall–Kier alpha value is -1.11. The maximum atomic E-state index is 7.63. The van der Waals surface area contributed by atoms with Crippen LogP contribution in [0.2, 0.25) is 0 Å². The van der Waals surface area contributed by atoms with E-state index in [1.54, 1.807) is 0 Å². The third-order valence-corrected chi connectivity index (χ3v) is 2.19. The summed E-state index contributed by atoms with van der Waals surface area (Å²) in [6, 6.07) is 0. The summed E-state index contributed by atoms with van der Waals surface area (Å²) >= 11 is 0. The van der Waals surface area contributed by atoms with Crippen LogP contribution < -0.4 is 0 Å². The maximum absolute atomic E-state index is 7.63. The Labute approximate surface area is 66.6 Å². The molecule has 56 valence electrons. The molecule has 0 heterocycles. The van der Waals surface area contributed by atoms with Gasteiger partial charge < -0.3 is 5.41 Å². The Morgan fingerprint density at radius 2 is 2.27 bits per heavy atom. The van der Waals surface area contributed by atoms with Crippen LogP contribution in [-0.4, -0.2) is 5.71 Å². The first kappa shape index (κ1) is 6.59. The minimum Gasteiger partial charge on any atom is -0.305 e. The van der Waals surface area contributed by atoms with E-state index in [-0.39, 0.29) is 0 Å². The van der Waals surface area contributed by atoms with Crippen molar-refractivity contribution in [3.8, 4) is 0 Å². The van der Waals surface area contributed by atoms with Crippen LogP contribution in [0.1, 0.15) is 19.3 Å². The zero-order valence-corrected chi connectivity index (χ0v) is 6.43. The molecule has 0 saturated carbocycles. The van der Waals surface area contributed by atoms with Crippen molar-refractivity contribution < 1.29 is 0 Å². The number of nitrogens with one attached hydrogen (secondary N) is 1. The van der Waals surface area contributed by atoms with E-state index in [4.69, 9.17) is 5.41 Å². The zero-order chi connectivity index (χ0) is 7.68. The van der Waals surface area contributed by atoms with Crippen LogP contribution in [0.15, 0.2) is 35.5 Å². The molecule has 1 heteroatoms. The van der Waals surface area contributed by atoms with Gasteiger partial charge in [0, 0.05) is 5.71 Å². The van der Waals surface area contributed by atoms with Gasteiger partial charge in [0.25, 0.3) is 0 Å². The van der Waals surface area contributed by atoms with Crippen molar-refractivity contribution in [3.63, 3.8) is 0 Å². The second-order valence-corrected chi connectivity index (χ2v) is 2.96. The lowest BCUT2D eigenvalue weighted by atomic mass is 10.0. The predicted octanol–water partition coefficient (Wildman–Crippen LogP) is 2.61. The minimum atomic E-state index is 0.819. The van der Waals surface area contributed by atoms with Crippen LogP contribution in [0.4, 0.5) is 0 Å². The van der Waals surface area contributed by atoms with Gasteiger partial charge in [0.1, 0.15) is 0 Å². The van der Waals surface area contributed by atoms with Crippen LogP contribution in [0.25, 0.3) is 0 Å². The summed E-state index contributed by atoms with van der Waals surface area (Å²) in [7, 11) is 0. The molecular formula is C10H11N. The van der Waals surface area contributed by atoms with E-state index in [0.29, 0.717) is 0 Å². The molecule has 0 fully saturated rings. The molecule has 0 saturated heterocycles. The Balaban J connectivity index is 2.23. The third kappa shape index (κ3) is 1.07. The number of allylic oxidation sites excluding steroid dienone is 6. The molecule has 2 aliphatic rings. The molecule has 0 bridgehead atoms. The van der Waals surface area contributed by atoms with E-state index in [1.807, 2.05) is 0 Å². The molecule has 2 aliphatic carbocycles. The van der Waals surface area contributed by atoms with Gasteiger partial charge in [-0.2, -0.15) is 0 Å². The fourth-order valence-electron chi connectivity index (χ4n) is 1.59. The Morgan fingerprint density at radius 1 is 1.36 bits per heavy atom.